The Morgan fingerprint density at radius 1 is 1.24 bits per heavy atom. The molecule has 4 nitrogen and oxygen atoms in total. The summed E-state index contributed by atoms with van der Waals surface area (Å²) in [6.45, 7) is 4.04. The van der Waals surface area contributed by atoms with Gasteiger partial charge in [0.25, 0.3) is 0 Å². The molecule has 118 valence electrons. The van der Waals surface area contributed by atoms with E-state index < -0.39 is 0 Å². The smallest absolute Gasteiger partial charge is 0.120 e. The zero-order valence-corrected chi connectivity index (χ0v) is 12.9. The number of phenols is 1. The molecule has 1 aromatic rings. The molecule has 1 saturated carbocycles. The fourth-order valence-corrected chi connectivity index (χ4v) is 3.13. The first-order chi connectivity index (χ1) is 10.2. The number of phenolic OH excluding ortho intramolecular Hbond substituents is 1. The van der Waals surface area contributed by atoms with Crippen LogP contribution in [-0.2, 0) is 6.54 Å². The minimum Gasteiger partial charge on any atom is -0.508 e. The summed E-state index contributed by atoms with van der Waals surface area (Å²) in [4.78, 5) is 2.30. The summed E-state index contributed by atoms with van der Waals surface area (Å²) >= 11 is 0. The van der Waals surface area contributed by atoms with Crippen LogP contribution in [0.4, 0.5) is 0 Å². The average molecular weight is 293 g/mol. The molecule has 1 aliphatic carbocycles. The highest BCUT2D eigenvalue weighted by Crippen LogP contribution is 2.28. The lowest BCUT2D eigenvalue weighted by molar-refractivity contribution is 0.116. The van der Waals surface area contributed by atoms with Crippen LogP contribution in [0.15, 0.2) is 18.2 Å². The zero-order chi connectivity index (χ0) is 15.1. The number of ether oxygens (including phenoxy) is 1. The first-order valence-corrected chi connectivity index (χ1v) is 8.04. The van der Waals surface area contributed by atoms with Gasteiger partial charge in [-0.3, -0.25) is 4.90 Å². The molecule has 1 aromatic carbocycles. The molecule has 0 unspecified atom stereocenters. The van der Waals surface area contributed by atoms with Gasteiger partial charge in [-0.05, 0) is 38.0 Å². The summed E-state index contributed by atoms with van der Waals surface area (Å²) in [5, 5.41) is 19.4. The predicted molar refractivity (Wildman–Crippen MR) is 83.6 cm³/mol. The number of aliphatic hydroxyl groups is 1. The number of aliphatic hydroxyl groups excluding tert-OH is 1. The van der Waals surface area contributed by atoms with Gasteiger partial charge in [-0.25, -0.2) is 0 Å². The average Bonchev–Trinajstić information content (AvgIpc) is 2.51. The van der Waals surface area contributed by atoms with Gasteiger partial charge in [0.05, 0.1) is 13.2 Å². The molecule has 0 saturated heterocycles. The highest BCUT2D eigenvalue weighted by Gasteiger charge is 2.21. The van der Waals surface area contributed by atoms with Gasteiger partial charge < -0.3 is 14.9 Å². The maximum atomic E-state index is 10.1. The van der Waals surface area contributed by atoms with Gasteiger partial charge >= 0.3 is 0 Å². The normalized spacial score (nSPS) is 16.3. The number of hydrogen-bond donors (Lipinski definition) is 2. The largest absolute Gasteiger partial charge is 0.508 e. The SMILES string of the molecule is CCOc1ccc(O)c(CN(CCO)C2CCCCC2)c1. The highest BCUT2D eigenvalue weighted by molar-refractivity contribution is 5.39. The van der Waals surface area contributed by atoms with Crippen molar-refractivity contribution in [2.75, 3.05) is 19.8 Å². The van der Waals surface area contributed by atoms with Crippen molar-refractivity contribution in [3.63, 3.8) is 0 Å². The Morgan fingerprint density at radius 2 is 2.00 bits per heavy atom. The van der Waals surface area contributed by atoms with Crippen LogP contribution in [0.1, 0.15) is 44.6 Å². The van der Waals surface area contributed by atoms with Crippen molar-refractivity contribution in [2.45, 2.75) is 51.6 Å². The molecule has 1 fully saturated rings. The van der Waals surface area contributed by atoms with E-state index in [2.05, 4.69) is 4.90 Å². The van der Waals surface area contributed by atoms with E-state index in [9.17, 15) is 10.2 Å². The van der Waals surface area contributed by atoms with Crippen LogP contribution in [0.5, 0.6) is 11.5 Å². The van der Waals surface area contributed by atoms with Gasteiger partial charge in [-0.1, -0.05) is 19.3 Å². The second-order valence-electron chi connectivity index (χ2n) is 5.71. The third-order valence-corrected chi connectivity index (χ3v) is 4.21. The second-order valence-corrected chi connectivity index (χ2v) is 5.71. The molecule has 0 bridgehead atoms. The van der Waals surface area contributed by atoms with Gasteiger partial charge in [0.1, 0.15) is 11.5 Å². The number of benzene rings is 1. The van der Waals surface area contributed by atoms with Gasteiger partial charge in [0.2, 0.25) is 0 Å². The quantitative estimate of drug-likeness (QED) is 0.811. The van der Waals surface area contributed by atoms with Crippen molar-refractivity contribution in [1.29, 1.82) is 0 Å². The van der Waals surface area contributed by atoms with Crippen LogP contribution in [0, 0.1) is 0 Å². The van der Waals surface area contributed by atoms with E-state index in [0.29, 0.717) is 31.5 Å². The van der Waals surface area contributed by atoms with E-state index in [4.69, 9.17) is 4.74 Å². The molecule has 0 heterocycles. The predicted octanol–water partition coefficient (Wildman–Crippen LogP) is 2.92. The third kappa shape index (κ3) is 4.61. The van der Waals surface area contributed by atoms with Crippen LogP contribution in [0.25, 0.3) is 0 Å². The maximum absolute atomic E-state index is 10.1. The Morgan fingerprint density at radius 3 is 2.67 bits per heavy atom. The van der Waals surface area contributed by atoms with E-state index in [1.165, 1.54) is 32.1 Å². The standard InChI is InChI=1S/C17H27NO3/c1-2-21-16-8-9-17(20)14(12-16)13-18(10-11-19)15-6-4-3-5-7-15/h8-9,12,15,19-20H,2-7,10-11,13H2,1H3. The summed E-state index contributed by atoms with van der Waals surface area (Å²) in [6, 6.07) is 5.91. The molecule has 0 aliphatic heterocycles. The summed E-state index contributed by atoms with van der Waals surface area (Å²) in [5.74, 6) is 1.09. The van der Waals surface area contributed by atoms with E-state index in [1.54, 1.807) is 12.1 Å². The van der Waals surface area contributed by atoms with Crippen molar-refractivity contribution < 1.29 is 14.9 Å². The highest BCUT2D eigenvalue weighted by atomic mass is 16.5. The van der Waals surface area contributed by atoms with Crippen LogP contribution in [0.2, 0.25) is 0 Å². The van der Waals surface area contributed by atoms with Crippen molar-refractivity contribution in [1.82, 2.24) is 4.90 Å². The number of nitrogens with zero attached hydrogens (tertiary/aromatic N) is 1. The Labute approximate surface area is 127 Å². The molecule has 4 heteroatoms. The Balaban J connectivity index is 2.09. The lowest BCUT2D eigenvalue weighted by Gasteiger charge is -2.34. The van der Waals surface area contributed by atoms with Crippen molar-refractivity contribution >= 4 is 0 Å². The van der Waals surface area contributed by atoms with Gasteiger partial charge in [0, 0.05) is 24.7 Å². The summed E-state index contributed by atoms with van der Waals surface area (Å²) in [7, 11) is 0. The fraction of sp³-hybridized carbons (Fsp3) is 0.647. The van der Waals surface area contributed by atoms with Crippen LogP contribution < -0.4 is 4.74 Å². The minimum absolute atomic E-state index is 0.155. The molecular formula is C17H27NO3. The fourth-order valence-electron chi connectivity index (χ4n) is 3.13. The molecule has 1 aliphatic rings. The summed E-state index contributed by atoms with van der Waals surface area (Å²) < 4.78 is 5.51. The third-order valence-electron chi connectivity index (χ3n) is 4.21. The number of hydrogen-bond acceptors (Lipinski definition) is 4. The van der Waals surface area contributed by atoms with Gasteiger partial charge in [-0.15, -0.1) is 0 Å². The Kier molecular flexibility index (Phi) is 6.33. The number of aromatic hydroxyl groups is 1. The van der Waals surface area contributed by atoms with Crippen LogP contribution in [-0.4, -0.2) is 40.9 Å². The molecule has 0 amide bonds. The first-order valence-electron chi connectivity index (χ1n) is 8.04. The van der Waals surface area contributed by atoms with Gasteiger partial charge in [-0.2, -0.15) is 0 Å². The van der Waals surface area contributed by atoms with E-state index in [0.717, 1.165) is 11.3 Å². The van der Waals surface area contributed by atoms with Crippen molar-refractivity contribution in [3.8, 4) is 11.5 Å². The molecule has 0 atom stereocenters. The Bertz CT molecular complexity index is 430. The molecule has 0 radical (unpaired) electrons. The van der Waals surface area contributed by atoms with E-state index in [1.807, 2.05) is 13.0 Å². The number of rotatable bonds is 7. The topological polar surface area (TPSA) is 52.9 Å². The monoisotopic (exact) mass is 293 g/mol. The molecular weight excluding hydrogens is 266 g/mol. The summed E-state index contributed by atoms with van der Waals surface area (Å²) in [5.41, 5.74) is 0.875. The lowest BCUT2D eigenvalue weighted by atomic mass is 9.94. The minimum atomic E-state index is 0.155. The molecule has 2 rings (SSSR count). The van der Waals surface area contributed by atoms with Gasteiger partial charge in [0.15, 0.2) is 0 Å². The lowest BCUT2D eigenvalue weighted by Crippen LogP contribution is -2.38. The van der Waals surface area contributed by atoms with E-state index in [-0.39, 0.29) is 6.61 Å². The molecule has 21 heavy (non-hydrogen) atoms. The van der Waals surface area contributed by atoms with Crippen molar-refractivity contribution in [2.24, 2.45) is 0 Å². The molecule has 0 aromatic heterocycles. The van der Waals surface area contributed by atoms with Crippen LogP contribution >= 0.6 is 0 Å². The zero-order valence-electron chi connectivity index (χ0n) is 12.9. The Hall–Kier alpha value is -1.26. The van der Waals surface area contributed by atoms with E-state index >= 15 is 0 Å². The van der Waals surface area contributed by atoms with Crippen LogP contribution in [0.3, 0.4) is 0 Å². The summed E-state index contributed by atoms with van der Waals surface area (Å²) in [6.07, 6.45) is 6.21. The molecule has 2 N–H and O–H groups in total. The second kappa shape index (κ2) is 8.25. The maximum Gasteiger partial charge on any atom is 0.120 e. The first kappa shape index (κ1) is 16.1. The molecule has 0 spiro atoms. The van der Waals surface area contributed by atoms with Crippen molar-refractivity contribution in [3.05, 3.63) is 23.8 Å².